The van der Waals surface area contributed by atoms with E-state index in [2.05, 4.69) is 22.4 Å². The van der Waals surface area contributed by atoms with E-state index >= 15 is 0 Å². The summed E-state index contributed by atoms with van der Waals surface area (Å²) in [7, 11) is 3.54. The van der Waals surface area contributed by atoms with E-state index in [9.17, 15) is 0 Å². The van der Waals surface area contributed by atoms with Gasteiger partial charge >= 0.3 is 0 Å². The molecule has 0 aliphatic rings. The third kappa shape index (κ3) is 3.48. The van der Waals surface area contributed by atoms with Crippen LogP contribution in [0.1, 0.15) is 18.3 Å². The van der Waals surface area contributed by atoms with Crippen molar-refractivity contribution < 1.29 is 9.47 Å². The van der Waals surface area contributed by atoms with Crippen molar-refractivity contribution in [1.29, 1.82) is 0 Å². The predicted molar refractivity (Wildman–Crippen MR) is 75.7 cm³/mol. The summed E-state index contributed by atoms with van der Waals surface area (Å²) < 4.78 is 12.9. The van der Waals surface area contributed by atoms with E-state index in [-0.39, 0.29) is 0 Å². The average molecular weight is 276 g/mol. The maximum Gasteiger partial charge on any atom is 0.170 e. The number of hydrogen-bond acceptors (Lipinski definition) is 5. The summed E-state index contributed by atoms with van der Waals surface area (Å²) in [4.78, 5) is 0. The van der Waals surface area contributed by atoms with E-state index in [0.29, 0.717) is 6.61 Å². The molecule has 0 atom stereocenters. The van der Waals surface area contributed by atoms with E-state index in [1.165, 1.54) is 0 Å². The zero-order valence-corrected chi connectivity index (χ0v) is 12.1. The van der Waals surface area contributed by atoms with Crippen molar-refractivity contribution in [1.82, 2.24) is 20.1 Å². The first-order chi connectivity index (χ1) is 9.74. The van der Waals surface area contributed by atoms with Gasteiger partial charge in [-0.1, -0.05) is 13.0 Å². The topological polar surface area (TPSA) is 61.2 Å². The van der Waals surface area contributed by atoms with Gasteiger partial charge in [-0.2, -0.15) is 0 Å². The Kier molecular flexibility index (Phi) is 4.95. The third-order valence-corrected chi connectivity index (χ3v) is 3.00. The molecule has 0 spiro atoms. The van der Waals surface area contributed by atoms with Crippen molar-refractivity contribution in [2.45, 2.75) is 20.1 Å². The molecular formula is C14H20N4O2. The summed E-state index contributed by atoms with van der Waals surface area (Å²) in [6.07, 6.45) is 1.66. The van der Waals surface area contributed by atoms with Crippen molar-refractivity contribution in [3.8, 4) is 11.5 Å². The van der Waals surface area contributed by atoms with Gasteiger partial charge in [0.1, 0.15) is 24.4 Å². The Bertz CT molecular complexity index is 554. The van der Waals surface area contributed by atoms with Gasteiger partial charge in [-0.3, -0.25) is 0 Å². The van der Waals surface area contributed by atoms with Crippen LogP contribution < -0.4 is 14.8 Å². The Labute approximate surface area is 118 Å². The Morgan fingerprint density at radius 1 is 1.35 bits per heavy atom. The highest BCUT2D eigenvalue weighted by atomic mass is 16.5. The van der Waals surface area contributed by atoms with Crippen LogP contribution >= 0.6 is 0 Å². The summed E-state index contributed by atoms with van der Waals surface area (Å²) in [5, 5.41) is 11.1. The lowest BCUT2D eigenvalue weighted by Crippen LogP contribution is -2.13. The van der Waals surface area contributed by atoms with Gasteiger partial charge in [0.25, 0.3) is 0 Å². The van der Waals surface area contributed by atoms with Crippen LogP contribution in [0, 0.1) is 0 Å². The molecule has 0 unspecified atom stereocenters. The zero-order valence-electron chi connectivity index (χ0n) is 12.1. The Balaban J connectivity index is 2.12. The monoisotopic (exact) mass is 276 g/mol. The van der Waals surface area contributed by atoms with Crippen LogP contribution in [-0.2, 0) is 20.2 Å². The van der Waals surface area contributed by atoms with E-state index < -0.39 is 0 Å². The molecule has 1 heterocycles. The van der Waals surface area contributed by atoms with Gasteiger partial charge in [0, 0.05) is 25.2 Å². The van der Waals surface area contributed by atoms with Crippen molar-refractivity contribution in [3.63, 3.8) is 0 Å². The molecule has 0 bridgehead atoms. The van der Waals surface area contributed by atoms with Crippen LogP contribution in [0.3, 0.4) is 0 Å². The maximum atomic E-state index is 5.86. The molecule has 6 nitrogen and oxygen atoms in total. The highest BCUT2D eigenvalue weighted by molar-refractivity contribution is 5.40. The Hall–Kier alpha value is -2.08. The molecule has 0 fully saturated rings. The minimum absolute atomic E-state index is 0.378. The number of benzene rings is 1. The largest absolute Gasteiger partial charge is 0.497 e. The standard InChI is InChI=1S/C14H20N4O2/c1-4-15-8-11-5-6-12(19-3)7-13(11)20-9-14-17-16-10-18(14)2/h5-7,10,15H,4,8-9H2,1-3H3. The summed E-state index contributed by atoms with van der Waals surface area (Å²) in [5.41, 5.74) is 1.09. The zero-order chi connectivity index (χ0) is 14.4. The maximum absolute atomic E-state index is 5.86. The van der Waals surface area contributed by atoms with Crippen molar-refractivity contribution in [2.24, 2.45) is 7.05 Å². The lowest BCUT2D eigenvalue weighted by molar-refractivity contribution is 0.285. The summed E-state index contributed by atoms with van der Waals surface area (Å²) >= 11 is 0. The van der Waals surface area contributed by atoms with Gasteiger partial charge < -0.3 is 19.4 Å². The van der Waals surface area contributed by atoms with Crippen LogP contribution in [0.4, 0.5) is 0 Å². The summed E-state index contributed by atoms with van der Waals surface area (Å²) in [6.45, 7) is 4.12. The van der Waals surface area contributed by atoms with Crippen LogP contribution in [0.5, 0.6) is 11.5 Å². The molecule has 0 saturated heterocycles. The first-order valence-corrected chi connectivity index (χ1v) is 6.58. The molecule has 0 aliphatic heterocycles. The van der Waals surface area contributed by atoms with Gasteiger partial charge in [-0.15, -0.1) is 10.2 Å². The van der Waals surface area contributed by atoms with E-state index in [4.69, 9.17) is 9.47 Å². The van der Waals surface area contributed by atoms with Gasteiger partial charge in [-0.05, 0) is 12.6 Å². The molecule has 108 valence electrons. The van der Waals surface area contributed by atoms with Crippen molar-refractivity contribution >= 4 is 0 Å². The second-order valence-corrected chi connectivity index (χ2v) is 4.40. The van der Waals surface area contributed by atoms with Crippen LogP contribution in [0.2, 0.25) is 0 Å². The van der Waals surface area contributed by atoms with Crippen LogP contribution in [0.25, 0.3) is 0 Å². The van der Waals surface area contributed by atoms with Crippen LogP contribution in [-0.4, -0.2) is 28.4 Å². The van der Waals surface area contributed by atoms with E-state index in [1.807, 2.05) is 29.8 Å². The Morgan fingerprint density at radius 3 is 2.85 bits per heavy atom. The second-order valence-electron chi connectivity index (χ2n) is 4.40. The smallest absolute Gasteiger partial charge is 0.170 e. The number of aromatic nitrogens is 3. The van der Waals surface area contributed by atoms with Gasteiger partial charge in [0.2, 0.25) is 0 Å². The second kappa shape index (κ2) is 6.91. The van der Waals surface area contributed by atoms with Crippen molar-refractivity contribution in [2.75, 3.05) is 13.7 Å². The summed E-state index contributed by atoms with van der Waals surface area (Å²) in [5.74, 6) is 2.36. The molecule has 20 heavy (non-hydrogen) atoms. The Morgan fingerprint density at radius 2 is 2.20 bits per heavy atom. The SMILES string of the molecule is CCNCc1ccc(OC)cc1OCc1nncn1C. The normalized spacial score (nSPS) is 10.6. The number of methoxy groups -OCH3 is 1. The quantitative estimate of drug-likeness (QED) is 0.830. The van der Waals surface area contributed by atoms with Crippen molar-refractivity contribution in [3.05, 3.63) is 35.9 Å². The van der Waals surface area contributed by atoms with Gasteiger partial charge in [0.05, 0.1) is 7.11 Å². The lowest BCUT2D eigenvalue weighted by atomic mass is 10.2. The summed E-state index contributed by atoms with van der Waals surface area (Å²) in [6, 6.07) is 5.83. The molecule has 0 radical (unpaired) electrons. The minimum atomic E-state index is 0.378. The highest BCUT2D eigenvalue weighted by Crippen LogP contribution is 2.25. The number of hydrogen-bond donors (Lipinski definition) is 1. The fourth-order valence-corrected chi connectivity index (χ4v) is 1.78. The van der Waals surface area contributed by atoms with Crippen LogP contribution in [0.15, 0.2) is 24.5 Å². The number of aryl methyl sites for hydroxylation is 1. The predicted octanol–water partition coefficient (Wildman–Crippen LogP) is 1.51. The molecule has 2 rings (SSSR count). The molecule has 2 aromatic rings. The number of nitrogens with one attached hydrogen (secondary N) is 1. The molecule has 1 aromatic heterocycles. The molecule has 1 N–H and O–H groups in total. The molecule has 0 saturated carbocycles. The number of ether oxygens (including phenoxy) is 2. The van der Waals surface area contributed by atoms with Gasteiger partial charge in [0.15, 0.2) is 5.82 Å². The first kappa shape index (κ1) is 14.3. The fourth-order valence-electron chi connectivity index (χ4n) is 1.78. The highest BCUT2D eigenvalue weighted by Gasteiger charge is 2.08. The minimum Gasteiger partial charge on any atom is -0.497 e. The number of nitrogens with zero attached hydrogens (tertiary/aromatic N) is 3. The third-order valence-electron chi connectivity index (χ3n) is 3.00. The molecule has 0 aliphatic carbocycles. The number of rotatable bonds is 7. The fraction of sp³-hybridized carbons (Fsp3) is 0.429. The molecular weight excluding hydrogens is 256 g/mol. The first-order valence-electron chi connectivity index (χ1n) is 6.58. The van der Waals surface area contributed by atoms with E-state index in [1.54, 1.807) is 13.4 Å². The lowest BCUT2D eigenvalue weighted by Gasteiger charge is -2.13. The van der Waals surface area contributed by atoms with E-state index in [0.717, 1.165) is 36.0 Å². The molecule has 0 amide bonds. The molecule has 1 aromatic carbocycles. The average Bonchev–Trinajstić information content (AvgIpc) is 2.88. The molecule has 6 heteroatoms. The van der Waals surface area contributed by atoms with Gasteiger partial charge in [-0.25, -0.2) is 0 Å².